The maximum atomic E-state index is 10.9. The van der Waals surface area contributed by atoms with E-state index in [-0.39, 0.29) is 47.8 Å². The van der Waals surface area contributed by atoms with Crippen LogP contribution in [0.15, 0.2) is 18.2 Å². The monoisotopic (exact) mass is 476 g/mol. The number of benzene rings is 1. The van der Waals surface area contributed by atoms with Crippen molar-refractivity contribution in [3.63, 3.8) is 0 Å². The molecule has 0 radical (unpaired) electrons. The Hall–Kier alpha value is -0.0700. The Kier molecular flexibility index (Phi) is 19.2. The average molecular weight is 477 g/mol. The fraction of sp³-hybridized carbons (Fsp3) is 0.769. The summed E-state index contributed by atoms with van der Waals surface area (Å²) in [4.78, 5) is 0. The summed E-state index contributed by atoms with van der Waals surface area (Å²) in [6.07, 6.45) is 17.6. The fourth-order valence-electron chi connectivity index (χ4n) is 3.95. The van der Waals surface area contributed by atoms with Crippen LogP contribution in [-0.4, -0.2) is 24.8 Å². The zero-order valence-electron chi connectivity index (χ0n) is 21.2. The van der Waals surface area contributed by atoms with E-state index < -0.39 is 10.1 Å². The van der Waals surface area contributed by atoms with Gasteiger partial charge in [0.2, 0.25) is 0 Å². The van der Waals surface area contributed by atoms with E-state index >= 15 is 0 Å². The van der Waals surface area contributed by atoms with Crippen molar-refractivity contribution >= 4 is 10.1 Å². The molecule has 0 saturated heterocycles. The molecule has 32 heavy (non-hydrogen) atoms. The summed E-state index contributed by atoms with van der Waals surface area (Å²) in [7, 11) is -4.20. The number of aryl methyl sites for hydroxylation is 2. The van der Waals surface area contributed by atoms with Crippen molar-refractivity contribution < 1.29 is 47.3 Å². The van der Waals surface area contributed by atoms with Crippen LogP contribution < -0.4 is 34.3 Å². The summed E-state index contributed by atoms with van der Waals surface area (Å²) in [5.41, 5.74) is 2.79. The predicted molar refractivity (Wildman–Crippen MR) is 130 cm³/mol. The standard InChI is InChI=1S/C26H46O4S.Na/c1-4-6-8-10-12-14-16-24-18-19-26(30-23(3)20-21-31(27,28)29)22-25(24)17-15-13-11-9-7-5-2;/h18-19,22-23H,4-17,20-21H2,1-3H3,(H,27,28,29);/q;+1/p-1. The first-order valence-corrected chi connectivity index (χ1v) is 14.2. The Morgan fingerprint density at radius 2 is 1.31 bits per heavy atom. The molecule has 0 aromatic heterocycles. The van der Waals surface area contributed by atoms with Gasteiger partial charge in [0.25, 0.3) is 0 Å². The van der Waals surface area contributed by atoms with Crippen LogP contribution >= 0.6 is 0 Å². The minimum Gasteiger partial charge on any atom is -0.748 e. The molecule has 0 fully saturated rings. The van der Waals surface area contributed by atoms with E-state index in [1.165, 1.54) is 88.2 Å². The molecule has 0 N–H and O–H groups in total. The topological polar surface area (TPSA) is 66.4 Å². The summed E-state index contributed by atoms with van der Waals surface area (Å²) in [6.45, 7) is 6.31. The first-order valence-electron chi connectivity index (χ1n) is 12.6. The second-order valence-corrected chi connectivity index (χ2v) is 10.5. The average Bonchev–Trinajstić information content (AvgIpc) is 2.72. The van der Waals surface area contributed by atoms with Gasteiger partial charge in [0.1, 0.15) is 5.75 Å². The van der Waals surface area contributed by atoms with Gasteiger partial charge in [-0.2, -0.15) is 0 Å². The van der Waals surface area contributed by atoms with Crippen LogP contribution in [0.25, 0.3) is 0 Å². The molecule has 0 spiro atoms. The third-order valence-electron chi connectivity index (χ3n) is 5.89. The SMILES string of the molecule is CCCCCCCCc1ccc(OC(C)CCS(=O)(=O)[O-])cc1CCCCCCCC.[Na+]. The third-order valence-corrected chi connectivity index (χ3v) is 6.62. The van der Waals surface area contributed by atoms with Gasteiger partial charge < -0.3 is 9.29 Å². The maximum absolute atomic E-state index is 10.9. The van der Waals surface area contributed by atoms with Crippen LogP contribution in [0.4, 0.5) is 0 Å². The number of rotatable bonds is 19. The molecular weight excluding hydrogens is 431 g/mol. The minimum absolute atomic E-state index is 0. The van der Waals surface area contributed by atoms with Crippen molar-refractivity contribution in [3.05, 3.63) is 29.3 Å². The molecule has 4 nitrogen and oxygen atoms in total. The van der Waals surface area contributed by atoms with E-state index in [0.717, 1.165) is 18.6 Å². The Balaban J connectivity index is 0.00000961. The van der Waals surface area contributed by atoms with E-state index in [4.69, 9.17) is 4.74 Å². The third kappa shape index (κ3) is 16.5. The minimum atomic E-state index is -4.20. The van der Waals surface area contributed by atoms with Crippen molar-refractivity contribution in [1.82, 2.24) is 0 Å². The molecule has 1 unspecified atom stereocenters. The maximum Gasteiger partial charge on any atom is 1.00 e. The van der Waals surface area contributed by atoms with E-state index in [1.54, 1.807) is 0 Å². The van der Waals surface area contributed by atoms with Gasteiger partial charge in [-0.15, -0.1) is 0 Å². The quantitative estimate of drug-likeness (QED) is 0.171. The van der Waals surface area contributed by atoms with E-state index in [1.807, 2.05) is 13.0 Å². The van der Waals surface area contributed by atoms with Crippen LogP contribution in [-0.2, 0) is 23.0 Å². The van der Waals surface area contributed by atoms with Crippen LogP contribution in [0.5, 0.6) is 5.75 Å². The zero-order chi connectivity index (χ0) is 23.0. The van der Waals surface area contributed by atoms with Gasteiger partial charge in [0, 0.05) is 5.75 Å². The summed E-state index contributed by atoms with van der Waals surface area (Å²) < 4.78 is 38.5. The van der Waals surface area contributed by atoms with Crippen molar-refractivity contribution in [2.24, 2.45) is 0 Å². The van der Waals surface area contributed by atoms with Crippen LogP contribution in [0.1, 0.15) is 115 Å². The van der Waals surface area contributed by atoms with Gasteiger partial charge >= 0.3 is 29.6 Å². The molecule has 1 atom stereocenters. The van der Waals surface area contributed by atoms with E-state index in [9.17, 15) is 13.0 Å². The van der Waals surface area contributed by atoms with Crippen LogP contribution in [0.2, 0.25) is 0 Å². The number of unbranched alkanes of at least 4 members (excludes halogenated alkanes) is 10. The molecule has 180 valence electrons. The van der Waals surface area contributed by atoms with Crippen LogP contribution in [0.3, 0.4) is 0 Å². The second-order valence-electron chi connectivity index (χ2n) is 8.94. The molecule has 6 heteroatoms. The summed E-state index contributed by atoms with van der Waals surface area (Å²) in [6, 6.07) is 6.32. The number of hydrogen-bond acceptors (Lipinski definition) is 4. The molecule has 0 heterocycles. The van der Waals surface area contributed by atoms with Crippen LogP contribution in [0, 0.1) is 0 Å². The smallest absolute Gasteiger partial charge is 0.748 e. The van der Waals surface area contributed by atoms with Crippen molar-refractivity contribution in [3.8, 4) is 5.75 Å². The van der Waals surface area contributed by atoms with E-state index in [0.29, 0.717) is 0 Å². The predicted octanol–water partition coefficient (Wildman–Crippen LogP) is 4.20. The molecule has 0 bridgehead atoms. The normalized spacial score (nSPS) is 12.4. The molecule has 1 aromatic carbocycles. The van der Waals surface area contributed by atoms with E-state index in [2.05, 4.69) is 26.0 Å². The Labute approximate surface area is 220 Å². The van der Waals surface area contributed by atoms with Crippen molar-refractivity contribution in [1.29, 1.82) is 0 Å². The van der Waals surface area contributed by atoms with Crippen molar-refractivity contribution in [2.75, 3.05) is 5.75 Å². The molecule has 1 aromatic rings. The Morgan fingerprint density at radius 3 is 1.84 bits per heavy atom. The summed E-state index contributed by atoms with van der Waals surface area (Å²) in [5.74, 6) is 0.401. The molecular formula is C26H45NaO4S. The fourth-order valence-corrected chi connectivity index (χ4v) is 4.57. The Morgan fingerprint density at radius 1 is 0.812 bits per heavy atom. The molecule has 0 aliphatic rings. The molecule has 0 aliphatic heterocycles. The molecule has 0 aliphatic carbocycles. The summed E-state index contributed by atoms with van der Waals surface area (Å²) in [5, 5.41) is 0. The van der Waals surface area contributed by atoms with Gasteiger partial charge in [-0.1, -0.05) is 84.1 Å². The summed E-state index contributed by atoms with van der Waals surface area (Å²) >= 11 is 0. The number of hydrogen-bond donors (Lipinski definition) is 0. The van der Waals surface area contributed by atoms with Gasteiger partial charge in [-0.05, 0) is 62.3 Å². The zero-order valence-corrected chi connectivity index (χ0v) is 24.0. The first-order chi connectivity index (χ1) is 14.9. The molecule has 1 rings (SSSR count). The van der Waals surface area contributed by atoms with Gasteiger partial charge in [0.15, 0.2) is 0 Å². The van der Waals surface area contributed by atoms with Gasteiger partial charge in [0.05, 0.1) is 16.2 Å². The second kappa shape index (κ2) is 19.3. The molecule has 0 saturated carbocycles. The largest absolute Gasteiger partial charge is 1.00 e. The Bertz CT molecular complexity index is 691. The first kappa shape index (κ1) is 31.9. The molecule has 0 amide bonds. The van der Waals surface area contributed by atoms with Gasteiger partial charge in [-0.3, -0.25) is 0 Å². The number of ether oxygens (including phenoxy) is 1. The van der Waals surface area contributed by atoms with Gasteiger partial charge in [-0.25, -0.2) is 8.42 Å². The van der Waals surface area contributed by atoms with Crippen molar-refractivity contribution in [2.45, 2.75) is 123 Å².